The van der Waals surface area contributed by atoms with Crippen LogP contribution in [0.2, 0.25) is 0 Å². The average molecular weight is 291 g/mol. The molecule has 0 saturated carbocycles. The summed E-state index contributed by atoms with van der Waals surface area (Å²) in [6.07, 6.45) is 6.08. The number of nitrogens with one attached hydrogen (secondary N) is 1. The van der Waals surface area contributed by atoms with E-state index in [4.69, 9.17) is 5.11 Å². The van der Waals surface area contributed by atoms with Gasteiger partial charge in [0.1, 0.15) is 0 Å². The summed E-state index contributed by atoms with van der Waals surface area (Å²) in [6.45, 7) is 0.877. The first-order valence-corrected chi connectivity index (χ1v) is 6.77. The summed E-state index contributed by atoms with van der Waals surface area (Å²) in [5, 5.41) is 13.4. The van der Waals surface area contributed by atoms with Crippen LogP contribution >= 0.6 is 11.3 Å². The summed E-state index contributed by atoms with van der Waals surface area (Å²) in [5.41, 5.74) is -0.00563. The molecule has 2 aromatic heterocycles. The van der Waals surface area contributed by atoms with Crippen LogP contribution in [0.5, 0.6) is 0 Å². The van der Waals surface area contributed by atoms with Crippen molar-refractivity contribution < 1.29 is 14.7 Å². The third-order valence-electron chi connectivity index (χ3n) is 2.46. The van der Waals surface area contributed by atoms with Gasteiger partial charge in [0, 0.05) is 30.2 Å². The van der Waals surface area contributed by atoms with E-state index in [0.29, 0.717) is 13.1 Å². The van der Waals surface area contributed by atoms with Gasteiger partial charge in [-0.3, -0.25) is 4.79 Å². The topological polar surface area (TPSA) is 84.2 Å². The molecule has 0 aliphatic rings. The van der Waals surface area contributed by atoms with Crippen LogP contribution in [0.15, 0.2) is 36.1 Å². The van der Waals surface area contributed by atoms with Gasteiger partial charge in [-0.1, -0.05) is 6.07 Å². The lowest BCUT2D eigenvalue weighted by atomic mass is 10.4. The molecular weight excluding hydrogens is 278 g/mol. The Morgan fingerprint density at radius 3 is 3.00 bits per heavy atom. The summed E-state index contributed by atoms with van der Waals surface area (Å²) < 4.78 is 1.62. The molecule has 0 saturated heterocycles. The highest BCUT2D eigenvalue weighted by molar-refractivity contribution is 7.10. The number of rotatable bonds is 6. The largest absolute Gasteiger partial charge is 0.476 e. The van der Waals surface area contributed by atoms with E-state index in [2.05, 4.69) is 10.3 Å². The number of carbonyl (C=O) groups excluding carboxylic acids is 1. The summed E-state index contributed by atoms with van der Waals surface area (Å²) in [6, 6.07) is 3.84. The van der Waals surface area contributed by atoms with Crippen LogP contribution in [0.1, 0.15) is 15.4 Å². The van der Waals surface area contributed by atoms with Gasteiger partial charge in [-0.2, -0.15) is 0 Å². The number of carboxylic acids is 1. The maximum Gasteiger partial charge on any atom is 0.356 e. The Balaban J connectivity index is 1.75. The Morgan fingerprint density at radius 1 is 1.50 bits per heavy atom. The zero-order valence-corrected chi connectivity index (χ0v) is 11.3. The molecule has 2 aromatic rings. The molecule has 0 atom stereocenters. The molecule has 20 heavy (non-hydrogen) atoms. The minimum atomic E-state index is -1.06. The van der Waals surface area contributed by atoms with Crippen molar-refractivity contribution in [3.8, 4) is 0 Å². The molecule has 0 unspecified atom stereocenters. The van der Waals surface area contributed by atoms with Crippen molar-refractivity contribution >= 4 is 29.3 Å². The van der Waals surface area contributed by atoms with Gasteiger partial charge >= 0.3 is 5.97 Å². The molecule has 0 fully saturated rings. The second-order valence-corrected chi connectivity index (χ2v) is 4.92. The lowest BCUT2D eigenvalue weighted by molar-refractivity contribution is -0.116. The van der Waals surface area contributed by atoms with Crippen LogP contribution in [0.25, 0.3) is 6.08 Å². The van der Waals surface area contributed by atoms with Crippen molar-refractivity contribution in [2.45, 2.75) is 6.54 Å². The summed E-state index contributed by atoms with van der Waals surface area (Å²) in [4.78, 5) is 26.9. The standard InChI is InChI=1S/C13H13N3O3S/c17-12(4-3-10-2-1-7-20-10)14-5-6-16-8-11(13(18)19)15-9-16/h1-4,7-9H,5-6H2,(H,14,17)(H,18,19)/b4-3+. The zero-order chi connectivity index (χ0) is 14.4. The predicted molar refractivity (Wildman–Crippen MR) is 75.5 cm³/mol. The second kappa shape index (κ2) is 6.67. The highest BCUT2D eigenvalue weighted by Crippen LogP contribution is 2.09. The van der Waals surface area contributed by atoms with Crippen molar-refractivity contribution in [2.75, 3.05) is 6.54 Å². The van der Waals surface area contributed by atoms with E-state index >= 15 is 0 Å². The molecule has 0 aliphatic heterocycles. The van der Waals surface area contributed by atoms with Crippen molar-refractivity contribution in [2.24, 2.45) is 0 Å². The number of carboxylic acid groups (broad SMARTS) is 1. The maximum atomic E-state index is 11.5. The van der Waals surface area contributed by atoms with Crippen molar-refractivity contribution in [1.82, 2.24) is 14.9 Å². The van der Waals surface area contributed by atoms with E-state index < -0.39 is 5.97 Å². The smallest absolute Gasteiger partial charge is 0.356 e. The molecule has 2 heterocycles. The molecule has 0 bridgehead atoms. The van der Waals surface area contributed by atoms with Crippen LogP contribution < -0.4 is 5.32 Å². The summed E-state index contributed by atoms with van der Waals surface area (Å²) in [7, 11) is 0. The quantitative estimate of drug-likeness (QED) is 0.789. The molecule has 2 rings (SSSR count). The van der Waals surface area contributed by atoms with Crippen LogP contribution in [-0.4, -0.2) is 33.1 Å². The zero-order valence-electron chi connectivity index (χ0n) is 10.5. The monoisotopic (exact) mass is 291 g/mol. The molecule has 104 valence electrons. The van der Waals surface area contributed by atoms with E-state index in [1.54, 1.807) is 22.0 Å². The van der Waals surface area contributed by atoms with Crippen LogP contribution in [0.4, 0.5) is 0 Å². The van der Waals surface area contributed by atoms with Gasteiger partial charge in [0.05, 0.1) is 6.33 Å². The third kappa shape index (κ3) is 4.06. The van der Waals surface area contributed by atoms with E-state index in [1.807, 2.05) is 17.5 Å². The number of imidazole rings is 1. The fourth-order valence-corrected chi connectivity index (χ4v) is 2.12. The Morgan fingerprint density at radius 2 is 2.35 bits per heavy atom. The molecule has 6 nitrogen and oxygen atoms in total. The Bertz CT molecular complexity index is 617. The fraction of sp³-hybridized carbons (Fsp3) is 0.154. The first-order chi connectivity index (χ1) is 9.65. The van der Waals surface area contributed by atoms with Crippen LogP contribution in [0, 0.1) is 0 Å². The van der Waals surface area contributed by atoms with Gasteiger partial charge in [0.25, 0.3) is 0 Å². The van der Waals surface area contributed by atoms with Gasteiger partial charge in [-0.25, -0.2) is 9.78 Å². The summed E-state index contributed by atoms with van der Waals surface area (Å²) >= 11 is 1.56. The van der Waals surface area contributed by atoms with Gasteiger partial charge in [0.2, 0.25) is 5.91 Å². The second-order valence-electron chi connectivity index (χ2n) is 3.94. The molecular formula is C13H13N3O3S. The molecule has 1 amide bonds. The number of thiophene rings is 1. The number of hydrogen-bond donors (Lipinski definition) is 2. The minimum Gasteiger partial charge on any atom is -0.476 e. The Labute approximate surface area is 119 Å². The number of carbonyl (C=O) groups is 2. The highest BCUT2D eigenvalue weighted by atomic mass is 32.1. The van der Waals surface area contributed by atoms with Crippen LogP contribution in [0.3, 0.4) is 0 Å². The van der Waals surface area contributed by atoms with Gasteiger partial charge in [-0.05, 0) is 17.5 Å². The molecule has 0 aromatic carbocycles. The van der Waals surface area contributed by atoms with Crippen LogP contribution in [-0.2, 0) is 11.3 Å². The van der Waals surface area contributed by atoms with Gasteiger partial charge in [0.15, 0.2) is 5.69 Å². The van der Waals surface area contributed by atoms with E-state index in [-0.39, 0.29) is 11.6 Å². The number of hydrogen-bond acceptors (Lipinski definition) is 4. The fourth-order valence-electron chi connectivity index (χ4n) is 1.50. The SMILES string of the molecule is O=C(/C=C/c1cccs1)NCCn1cnc(C(=O)O)c1. The number of aromatic nitrogens is 2. The predicted octanol–water partition coefficient (Wildman–Crippen LogP) is 1.47. The lowest BCUT2D eigenvalue weighted by Crippen LogP contribution is -2.25. The Kier molecular flexibility index (Phi) is 4.67. The molecule has 0 aliphatic carbocycles. The normalized spacial score (nSPS) is 10.8. The number of aromatic carboxylic acids is 1. The number of nitrogens with zero attached hydrogens (tertiary/aromatic N) is 2. The third-order valence-corrected chi connectivity index (χ3v) is 3.30. The first kappa shape index (κ1) is 14.0. The molecule has 2 N–H and O–H groups in total. The highest BCUT2D eigenvalue weighted by Gasteiger charge is 2.05. The summed E-state index contributed by atoms with van der Waals surface area (Å²) in [5.74, 6) is -1.25. The maximum absolute atomic E-state index is 11.5. The van der Waals surface area contributed by atoms with Gasteiger partial charge < -0.3 is 15.0 Å². The van der Waals surface area contributed by atoms with E-state index in [1.165, 1.54) is 18.6 Å². The van der Waals surface area contributed by atoms with E-state index in [9.17, 15) is 9.59 Å². The molecule has 0 radical (unpaired) electrons. The minimum absolute atomic E-state index is 0.00563. The molecule has 0 spiro atoms. The Hall–Kier alpha value is -2.41. The molecule has 7 heteroatoms. The number of amides is 1. The average Bonchev–Trinajstić information content (AvgIpc) is 3.07. The van der Waals surface area contributed by atoms with E-state index in [0.717, 1.165) is 4.88 Å². The lowest BCUT2D eigenvalue weighted by Gasteiger charge is -2.02. The van der Waals surface area contributed by atoms with Crippen molar-refractivity contribution in [1.29, 1.82) is 0 Å². The van der Waals surface area contributed by atoms with Gasteiger partial charge in [-0.15, -0.1) is 11.3 Å². The first-order valence-electron chi connectivity index (χ1n) is 5.89. The van der Waals surface area contributed by atoms with Crippen molar-refractivity contribution in [3.63, 3.8) is 0 Å². The van der Waals surface area contributed by atoms with Crippen molar-refractivity contribution in [3.05, 3.63) is 46.7 Å².